The minimum atomic E-state index is -0.297. The Morgan fingerprint density at radius 1 is 1.12 bits per heavy atom. The van der Waals surface area contributed by atoms with Gasteiger partial charge in [-0.25, -0.2) is 5.43 Å². The zero-order valence-corrected chi connectivity index (χ0v) is 14.4. The molecule has 1 heterocycles. The molecule has 0 aliphatic heterocycles. The zero-order chi connectivity index (χ0) is 18.4. The fraction of sp³-hybridized carbons (Fsp3) is 0.150. The molecule has 0 radical (unpaired) electrons. The standard InChI is InChI=1S/C20H19N3O3/c1-2-26-19(24)14-23-13-16(17-10-6-7-11-18(17)23)12-21-22-20(25)15-8-4-3-5-9-15/h3-13H,2,14H2,1H3,(H,22,25)/b21-12-. The Morgan fingerprint density at radius 3 is 2.62 bits per heavy atom. The van der Waals surface area contributed by atoms with Crippen molar-refractivity contribution in [3.63, 3.8) is 0 Å². The van der Waals surface area contributed by atoms with Gasteiger partial charge in [-0.1, -0.05) is 36.4 Å². The van der Waals surface area contributed by atoms with E-state index in [-0.39, 0.29) is 18.4 Å². The number of esters is 1. The molecular weight excluding hydrogens is 330 g/mol. The van der Waals surface area contributed by atoms with E-state index >= 15 is 0 Å². The van der Waals surface area contributed by atoms with Crippen molar-refractivity contribution in [1.82, 2.24) is 9.99 Å². The molecular formula is C20H19N3O3. The zero-order valence-electron chi connectivity index (χ0n) is 14.4. The van der Waals surface area contributed by atoms with Crippen LogP contribution in [0.1, 0.15) is 22.8 Å². The van der Waals surface area contributed by atoms with E-state index in [0.29, 0.717) is 12.2 Å². The Balaban J connectivity index is 1.79. The molecule has 0 aliphatic carbocycles. The number of hydrogen-bond donors (Lipinski definition) is 1. The second-order valence-corrected chi connectivity index (χ2v) is 5.60. The van der Waals surface area contributed by atoms with Gasteiger partial charge in [0.1, 0.15) is 6.54 Å². The number of carbonyl (C=O) groups is 2. The van der Waals surface area contributed by atoms with Gasteiger partial charge in [-0.3, -0.25) is 9.59 Å². The number of para-hydroxylation sites is 1. The van der Waals surface area contributed by atoms with Gasteiger partial charge >= 0.3 is 5.97 Å². The number of hydrazone groups is 1. The molecule has 0 fully saturated rings. The number of fused-ring (bicyclic) bond motifs is 1. The van der Waals surface area contributed by atoms with Crippen LogP contribution in [0.5, 0.6) is 0 Å². The van der Waals surface area contributed by atoms with Gasteiger partial charge in [-0.05, 0) is 25.1 Å². The first-order valence-corrected chi connectivity index (χ1v) is 8.31. The monoisotopic (exact) mass is 349 g/mol. The maximum Gasteiger partial charge on any atom is 0.325 e. The lowest BCUT2D eigenvalue weighted by atomic mass is 10.2. The van der Waals surface area contributed by atoms with E-state index in [1.165, 1.54) is 0 Å². The van der Waals surface area contributed by atoms with Gasteiger partial charge in [0, 0.05) is 28.2 Å². The molecule has 2 aromatic carbocycles. The van der Waals surface area contributed by atoms with Crippen LogP contribution in [0.25, 0.3) is 10.9 Å². The molecule has 6 nitrogen and oxygen atoms in total. The summed E-state index contributed by atoms with van der Waals surface area (Å²) in [6.07, 6.45) is 3.39. The predicted octanol–water partition coefficient (Wildman–Crippen LogP) is 2.97. The second-order valence-electron chi connectivity index (χ2n) is 5.60. The Kier molecular flexibility index (Phi) is 5.43. The highest BCUT2D eigenvalue weighted by molar-refractivity contribution is 6.01. The largest absolute Gasteiger partial charge is 0.465 e. The Morgan fingerprint density at radius 2 is 1.85 bits per heavy atom. The van der Waals surface area contributed by atoms with E-state index in [0.717, 1.165) is 16.5 Å². The number of carbonyl (C=O) groups excluding carboxylic acids is 2. The molecule has 1 N–H and O–H groups in total. The number of rotatable bonds is 6. The molecule has 0 bridgehead atoms. The Labute approximate surface area is 151 Å². The molecule has 0 spiro atoms. The van der Waals surface area contributed by atoms with E-state index < -0.39 is 0 Å². The van der Waals surface area contributed by atoms with Gasteiger partial charge in [-0.2, -0.15) is 5.10 Å². The molecule has 0 atom stereocenters. The van der Waals surface area contributed by atoms with E-state index in [9.17, 15) is 9.59 Å². The summed E-state index contributed by atoms with van der Waals surface area (Å²) in [6, 6.07) is 16.6. The maximum absolute atomic E-state index is 12.0. The minimum Gasteiger partial charge on any atom is -0.465 e. The quantitative estimate of drug-likeness (QED) is 0.422. The van der Waals surface area contributed by atoms with Gasteiger partial charge in [-0.15, -0.1) is 0 Å². The number of benzene rings is 2. The fourth-order valence-electron chi connectivity index (χ4n) is 2.67. The summed E-state index contributed by atoms with van der Waals surface area (Å²) in [5.41, 5.74) is 4.75. The lowest BCUT2D eigenvalue weighted by molar-refractivity contribution is -0.143. The van der Waals surface area contributed by atoms with E-state index in [1.54, 1.807) is 37.4 Å². The summed E-state index contributed by atoms with van der Waals surface area (Å²) < 4.78 is 6.83. The van der Waals surface area contributed by atoms with E-state index in [1.807, 2.05) is 41.1 Å². The van der Waals surface area contributed by atoms with Gasteiger partial charge < -0.3 is 9.30 Å². The van der Waals surface area contributed by atoms with Gasteiger partial charge in [0.05, 0.1) is 12.8 Å². The first kappa shape index (κ1) is 17.4. The van der Waals surface area contributed by atoms with Crippen LogP contribution in [0.15, 0.2) is 65.9 Å². The third-order valence-electron chi connectivity index (χ3n) is 3.83. The van der Waals surface area contributed by atoms with Crippen LogP contribution < -0.4 is 5.43 Å². The molecule has 132 valence electrons. The van der Waals surface area contributed by atoms with Crippen LogP contribution in [0, 0.1) is 0 Å². The molecule has 1 amide bonds. The molecule has 3 aromatic rings. The molecule has 1 aromatic heterocycles. The summed E-state index contributed by atoms with van der Waals surface area (Å²) in [7, 11) is 0. The molecule has 6 heteroatoms. The predicted molar refractivity (Wildman–Crippen MR) is 100 cm³/mol. The van der Waals surface area contributed by atoms with Crippen molar-refractivity contribution in [1.29, 1.82) is 0 Å². The maximum atomic E-state index is 12.0. The topological polar surface area (TPSA) is 72.7 Å². The van der Waals surface area contributed by atoms with Crippen molar-refractivity contribution in [2.75, 3.05) is 6.61 Å². The van der Waals surface area contributed by atoms with Gasteiger partial charge in [0.25, 0.3) is 5.91 Å². The summed E-state index contributed by atoms with van der Waals surface area (Å²) in [5.74, 6) is -0.578. The van der Waals surface area contributed by atoms with Crippen molar-refractivity contribution < 1.29 is 14.3 Å². The molecule has 0 saturated heterocycles. The Hall–Kier alpha value is -3.41. The number of ether oxygens (including phenoxy) is 1. The van der Waals surface area contributed by atoms with Crippen LogP contribution in [0.2, 0.25) is 0 Å². The van der Waals surface area contributed by atoms with Crippen molar-refractivity contribution in [3.8, 4) is 0 Å². The van der Waals surface area contributed by atoms with Gasteiger partial charge in [0.15, 0.2) is 0 Å². The summed E-state index contributed by atoms with van der Waals surface area (Å²) in [4.78, 5) is 23.8. The van der Waals surface area contributed by atoms with Crippen LogP contribution in [0.3, 0.4) is 0 Å². The number of amides is 1. The van der Waals surface area contributed by atoms with Crippen molar-refractivity contribution in [3.05, 3.63) is 71.9 Å². The highest BCUT2D eigenvalue weighted by Crippen LogP contribution is 2.20. The summed E-state index contributed by atoms with van der Waals surface area (Å²) >= 11 is 0. The molecule has 0 unspecified atom stereocenters. The summed E-state index contributed by atoms with van der Waals surface area (Å²) in [5, 5.41) is 4.98. The van der Waals surface area contributed by atoms with Crippen LogP contribution in [-0.2, 0) is 16.1 Å². The molecule has 3 rings (SSSR count). The van der Waals surface area contributed by atoms with E-state index in [4.69, 9.17) is 4.74 Å². The third-order valence-corrected chi connectivity index (χ3v) is 3.83. The highest BCUT2D eigenvalue weighted by atomic mass is 16.5. The first-order valence-electron chi connectivity index (χ1n) is 8.31. The first-order chi connectivity index (χ1) is 12.7. The van der Waals surface area contributed by atoms with E-state index in [2.05, 4.69) is 10.5 Å². The van der Waals surface area contributed by atoms with Crippen molar-refractivity contribution in [2.45, 2.75) is 13.5 Å². The summed E-state index contributed by atoms with van der Waals surface area (Å²) in [6.45, 7) is 2.25. The minimum absolute atomic E-state index is 0.124. The number of hydrogen-bond acceptors (Lipinski definition) is 4. The average molecular weight is 349 g/mol. The smallest absolute Gasteiger partial charge is 0.325 e. The van der Waals surface area contributed by atoms with Gasteiger partial charge in [0.2, 0.25) is 0 Å². The fourth-order valence-corrected chi connectivity index (χ4v) is 2.67. The Bertz CT molecular complexity index is 945. The third kappa shape index (κ3) is 3.97. The number of aromatic nitrogens is 1. The van der Waals surface area contributed by atoms with Crippen LogP contribution >= 0.6 is 0 Å². The lowest BCUT2D eigenvalue weighted by Crippen LogP contribution is -2.17. The second kappa shape index (κ2) is 8.11. The van der Waals surface area contributed by atoms with Crippen molar-refractivity contribution in [2.24, 2.45) is 5.10 Å². The van der Waals surface area contributed by atoms with Crippen LogP contribution in [-0.4, -0.2) is 29.3 Å². The number of nitrogens with zero attached hydrogens (tertiary/aromatic N) is 2. The molecule has 0 saturated carbocycles. The highest BCUT2D eigenvalue weighted by Gasteiger charge is 2.10. The number of nitrogens with one attached hydrogen (secondary N) is 1. The van der Waals surface area contributed by atoms with Crippen LogP contribution in [0.4, 0.5) is 0 Å². The van der Waals surface area contributed by atoms with Crippen molar-refractivity contribution >= 4 is 29.0 Å². The lowest BCUT2D eigenvalue weighted by Gasteiger charge is -2.04. The molecule has 0 aliphatic rings. The SMILES string of the molecule is CCOC(=O)Cn1cc(/C=N\NC(=O)c2ccccc2)c2ccccc21. The normalized spacial score (nSPS) is 11.0. The average Bonchev–Trinajstić information content (AvgIpc) is 3.00. The molecule has 26 heavy (non-hydrogen) atoms.